The number of carbonyl (C=O) groups is 1. The second kappa shape index (κ2) is 5.50. The number of nitriles is 1. The van der Waals surface area contributed by atoms with E-state index in [4.69, 9.17) is 5.73 Å². The number of nitrogens with two attached hydrogens (primary N) is 1. The predicted molar refractivity (Wildman–Crippen MR) is 64.9 cm³/mol. The molecule has 17 heavy (non-hydrogen) atoms. The molecule has 4 nitrogen and oxygen atoms in total. The molecule has 1 saturated carbocycles. The molecule has 0 aromatic carbocycles. The van der Waals surface area contributed by atoms with Crippen molar-refractivity contribution in [3.05, 3.63) is 0 Å². The highest BCUT2D eigenvalue weighted by Crippen LogP contribution is 2.31. The molecule has 3 unspecified atom stereocenters. The minimum Gasteiger partial charge on any atom is -0.368 e. The summed E-state index contributed by atoms with van der Waals surface area (Å²) in [6, 6.07) is 2.56. The SMILES string of the molecule is N#CC1CCCCCC1N1CCCC1C(N)=O. The van der Waals surface area contributed by atoms with Gasteiger partial charge in [0.1, 0.15) is 0 Å². The Bertz CT molecular complexity index is 323. The lowest BCUT2D eigenvalue weighted by Gasteiger charge is -2.33. The van der Waals surface area contributed by atoms with E-state index in [0.717, 1.165) is 38.6 Å². The van der Waals surface area contributed by atoms with Crippen molar-refractivity contribution in [3.8, 4) is 6.07 Å². The topological polar surface area (TPSA) is 70.1 Å². The van der Waals surface area contributed by atoms with Gasteiger partial charge in [0.25, 0.3) is 0 Å². The summed E-state index contributed by atoms with van der Waals surface area (Å²) >= 11 is 0. The summed E-state index contributed by atoms with van der Waals surface area (Å²) in [4.78, 5) is 13.6. The van der Waals surface area contributed by atoms with Gasteiger partial charge in [-0.25, -0.2) is 0 Å². The monoisotopic (exact) mass is 235 g/mol. The average Bonchev–Trinajstić information content (AvgIpc) is 2.68. The number of hydrogen-bond acceptors (Lipinski definition) is 3. The number of hydrogen-bond donors (Lipinski definition) is 1. The number of likely N-dealkylation sites (tertiary alicyclic amines) is 1. The molecule has 0 spiro atoms. The molecule has 0 aromatic rings. The van der Waals surface area contributed by atoms with Gasteiger partial charge in [0.05, 0.1) is 18.0 Å². The number of primary amides is 1. The fourth-order valence-corrected chi connectivity index (χ4v) is 3.33. The van der Waals surface area contributed by atoms with E-state index in [9.17, 15) is 10.1 Å². The van der Waals surface area contributed by atoms with Crippen LogP contribution in [0.4, 0.5) is 0 Å². The molecule has 4 heteroatoms. The number of amides is 1. The second-order valence-electron chi connectivity index (χ2n) is 5.24. The van der Waals surface area contributed by atoms with Crippen LogP contribution in [0.15, 0.2) is 0 Å². The van der Waals surface area contributed by atoms with E-state index in [-0.39, 0.29) is 23.9 Å². The summed E-state index contributed by atoms with van der Waals surface area (Å²) in [7, 11) is 0. The maximum Gasteiger partial charge on any atom is 0.234 e. The van der Waals surface area contributed by atoms with E-state index in [2.05, 4.69) is 11.0 Å². The van der Waals surface area contributed by atoms with Crippen LogP contribution in [0.2, 0.25) is 0 Å². The maximum absolute atomic E-state index is 11.4. The third-order valence-corrected chi connectivity index (χ3v) is 4.19. The van der Waals surface area contributed by atoms with Crippen LogP contribution in [0.25, 0.3) is 0 Å². The first-order valence-electron chi connectivity index (χ1n) is 6.68. The normalized spacial score (nSPS) is 35.1. The Balaban J connectivity index is 2.12. The van der Waals surface area contributed by atoms with Crippen molar-refractivity contribution < 1.29 is 4.79 Å². The van der Waals surface area contributed by atoms with Gasteiger partial charge in [0.2, 0.25) is 5.91 Å². The van der Waals surface area contributed by atoms with Gasteiger partial charge in [-0.05, 0) is 32.2 Å². The van der Waals surface area contributed by atoms with Gasteiger partial charge in [0, 0.05) is 6.04 Å². The standard InChI is InChI=1S/C13H21N3O/c14-9-10-5-2-1-3-6-11(10)16-8-4-7-12(16)13(15)17/h10-12H,1-8H2,(H2,15,17). The summed E-state index contributed by atoms with van der Waals surface area (Å²) in [6.45, 7) is 0.927. The van der Waals surface area contributed by atoms with Gasteiger partial charge < -0.3 is 5.73 Å². The van der Waals surface area contributed by atoms with E-state index >= 15 is 0 Å². The first kappa shape index (κ1) is 12.4. The van der Waals surface area contributed by atoms with Crippen molar-refractivity contribution in [1.29, 1.82) is 5.26 Å². The molecule has 1 aliphatic heterocycles. The number of rotatable bonds is 2. The summed E-state index contributed by atoms with van der Waals surface area (Å²) in [6.07, 6.45) is 7.44. The molecule has 94 valence electrons. The Morgan fingerprint density at radius 1 is 1.18 bits per heavy atom. The van der Waals surface area contributed by atoms with Crippen molar-refractivity contribution >= 4 is 5.91 Å². The first-order valence-corrected chi connectivity index (χ1v) is 6.68. The van der Waals surface area contributed by atoms with Gasteiger partial charge in [0.15, 0.2) is 0 Å². The van der Waals surface area contributed by atoms with Gasteiger partial charge >= 0.3 is 0 Å². The third-order valence-electron chi connectivity index (χ3n) is 4.19. The first-order chi connectivity index (χ1) is 8.24. The van der Waals surface area contributed by atoms with Crippen LogP contribution in [0.3, 0.4) is 0 Å². The highest BCUT2D eigenvalue weighted by molar-refractivity contribution is 5.80. The molecule has 1 amide bonds. The van der Waals surface area contributed by atoms with Crippen LogP contribution in [-0.4, -0.2) is 29.4 Å². The van der Waals surface area contributed by atoms with Crippen LogP contribution >= 0.6 is 0 Å². The minimum absolute atomic E-state index is 0.0810. The number of carbonyl (C=O) groups excluding carboxylic acids is 1. The van der Waals surface area contributed by atoms with E-state index < -0.39 is 0 Å². The van der Waals surface area contributed by atoms with Crippen LogP contribution in [0.5, 0.6) is 0 Å². The Morgan fingerprint density at radius 3 is 2.65 bits per heavy atom. The lowest BCUT2D eigenvalue weighted by Crippen LogP contribution is -2.48. The molecule has 0 bridgehead atoms. The van der Waals surface area contributed by atoms with Crippen LogP contribution in [0.1, 0.15) is 44.9 Å². The van der Waals surface area contributed by atoms with Crippen molar-refractivity contribution in [3.63, 3.8) is 0 Å². The largest absolute Gasteiger partial charge is 0.368 e. The quantitative estimate of drug-likeness (QED) is 0.736. The van der Waals surface area contributed by atoms with Gasteiger partial charge in [-0.15, -0.1) is 0 Å². The Labute approximate surface area is 103 Å². The molecule has 1 aliphatic carbocycles. The fourth-order valence-electron chi connectivity index (χ4n) is 3.33. The molecule has 1 heterocycles. The summed E-state index contributed by atoms with van der Waals surface area (Å²) in [5, 5.41) is 9.28. The van der Waals surface area contributed by atoms with Crippen molar-refractivity contribution in [2.75, 3.05) is 6.54 Å². The van der Waals surface area contributed by atoms with Crippen molar-refractivity contribution in [2.24, 2.45) is 11.7 Å². The molecule has 0 aromatic heterocycles. The summed E-state index contributed by atoms with van der Waals surface area (Å²) in [5.74, 6) is -0.138. The van der Waals surface area contributed by atoms with Crippen molar-refractivity contribution in [2.45, 2.75) is 57.0 Å². The zero-order chi connectivity index (χ0) is 12.3. The molecule has 0 radical (unpaired) electrons. The lowest BCUT2D eigenvalue weighted by atomic mass is 9.94. The third kappa shape index (κ3) is 2.61. The van der Waals surface area contributed by atoms with Gasteiger partial charge in [-0.3, -0.25) is 9.69 Å². The molecular formula is C13H21N3O. The molecule has 2 fully saturated rings. The highest BCUT2D eigenvalue weighted by Gasteiger charge is 2.38. The zero-order valence-electron chi connectivity index (χ0n) is 10.3. The summed E-state index contributed by atoms with van der Waals surface area (Å²) in [5.41, 5.74) is 5.46. The zero-order valence-corrected chi connectivity index (χ0v) is 10.3. The van der Waals surface area contributed by atoms with Gasteiger partial charge in [-0.2, -0.15) is 5.26 Å². The smallest absolute Gasteiger partial charge is 0.234 e. The van der Waals surface area contributed by atoms with E-state index in [1.807, 2.05) is 0 Å². The molecular weight excluding hydrogens is 214 g/mol. The maximum atomic E-state index is 11.4. The Kier molecular flexibility index (Phi) is 4.01. The van der Waals surface area contributed by atoms with Gasteiger partial charge in [-0.1, -0.05) is 19.3 Å². The molecule has 2 N–H and O–H groups in total. The molecule has 3 atom stereocenters. The van der Waals surface area contributed by atoms with Crippen LogP contribution < -0.4 is 5.73 Å². The van der Waals surface area contributed by atoms with Crippen molar-refractivity contribution in [1.82, 2.24) is 4.90 Å². The van der Waals surface area contributed by atoms with E-state index in [1.165, 1.54) is 12.8 Å². The average molecular weight is 235 g/mol. The minimum atomic E-state index is -0.219. The van der Waals surface area contributed by atoms with E-state index in [0.29, 0.717) is 0 Å². The van der Waals surface area contributed by atoms with E-state index in [1.54, 1.807) is 0 Å². The van der Waals surface area contributed by atoms with Crippen LogP contribution in [0, 0.1) is 17.2 Å². The fraction of sp³-hybridized carbons (Fsp3) is 0.846. The Morgan fingerprint density at radius 2 is 1.94 bits per heavy atom. The predicted octanol–water partition coefficient (Wildman–Crippen LogP) is 1.41. The highest BCUT2D eigenvalue weighted by atomic mass is 16.1. The van der Waals surface area contributed by atoms with Crippen LogP contribution in [-0.2, 0) is 4.79 Å². The number of nitrogens with zero attached hydrogens (tertiary/aromatic N) is 2. The second-order valence-corrected chi connectivity index (χ2v) is 5.24. The molecule has 2 rings (SSSR count). The Hall–Kier alpha value is -1.08. The lowest BCUT2D eigenvalue weighted by molar-refractivity contribution is -0.123. The molecule has 1 saturated heterocycles. The summed E-state index contributed by atoms with van der Waals surface area (Å²) < 4.78 is 0. The molecule has 2 aliphatic rings.